The zero-order valence-corrected chi connectivity index (χ0v) is 26.3. The van der Waals surface area contributed by atoms with Crippen molar-refractivity contribution in [3.63, 3.8) is 0 Å². The molecule has 0 saturated heterocycles. The van der Waals surface area contributed by atoms with Gasteiger partial charge in [0.1, 0.15) is 17.2 Å². The van der Waals surface area contributed by atoms with Gasteiger partial charge in [0, 0.05) is 0 Å². The van der Waals surface area contributed by atoms with Crippen molar-refractivity contribution in [3.05, 3.63) is 91.0 Å². The van der Waals surface area contributed by atoms with Gasteiger partial charge in [0.2, 0.25) is 0 Å². The van der Waals surface area contributed by atoms with E-state index < -0.39 is 9.05 Å². The van der Waals surface area contributed by atoms with Crippen molar-refractivity contribution in [2.45, 2.75) is 79.1 Å². The van der Waals surface area contributed by atoms with Crippen LogP contribution in [0.2, 0.25) is 0 Å². The van der Waals surface area contributed by atoms with E-state index >= 15 is 0 Å². The third-order valence-corrected chi connectivity index (χ3v) is 8.40. The van der Waals surface area contributed by atoms with Crippen molar-refractivity contribution in [2.24, 2.45) is 0 Å². The number of nitrogens with zero attached hydrogens (tertiary/aromatic N) is 1. The van der Waals surface area contributed by atoms with Crippen molar-refractivity contribution in [1.29, 1.82) is 0 Å². The molecule has 40 heavy (non-hydrogen) atoms. The molecular weight excluding hydrogens is 514 g/mol. The van der Waals surface area contributed by atoms with Crippen LogP contribution in [0.1, 0.15) is 79.1 Å². The summed E-state index contributed by atoms with van der Waals surface area (Å²) < 4.78 is 18.4. The van der Waals surface area contributed by atoms with Crippen molar-refractivity contribution < 1.29 is 22.6 Å². The Kier molecular flexibility index (Phi) is 16.1. The minimum atomic E-state index is -3.97. The van der Waals surface area contributed by atoms with E-state index in [9.17, 15) is 4.80 Å². The molecule has 0 aliphatic heterocycles. The van der Waals surface area contributed by atoms with Gasteiger partial charge in [0.05, 0.1) is 26.2 Å². The molecule has 6 heteroatoms. The first kappa shape index (κ1) is 33.4. The fraction of sp³-hybridized carbons (Fsp3) is 0.471. The number of unbranched alkanes of at least 4 members (excludes halogenated alkanes) is 4. The lowest BCUT2D eigenvalue weighted by atomic mass is 10.1. The first-order valence-corrected chi connectivity index (χ1v) is 16.9. The van der Waals surface area contributed by atoms with E-state index in [1.807, 2.05) is 54.6 Å². The maximum absolute atomic E-state index is 10.8. The van der Waals surface area contributed by atoms with Crippen molar-refractivity contribution in [1.82, 2.24) is 0 Å². The van der Waals surface area contributed by atoms with Crippen LogP contribution in [-0.2, 0) is 0 Å². The normalized spacial score (nSPS) is 11.3. The van der Waals surface area contributed by atoms with Gasteiger partial charge in [0.25, 0.3) is 0 Å². The lowest BCUT2D eigenvalue weighted by Crippen LogP contribution is -2.55. The van der Waals surface area contributed by atoms with Gasteiger partial charge in [-0.15, -0.1) is 0 Å². The van der Waals surface area contributed by atoms with E-state index in [4.69, 9.17) is 13.3 Å². The quantitative estimate of drug-likeness (QED) is 0.124. The summed E-state index contributed by atoms with van der Waals surface area (Å²) in [5, 5.41) is 0. The lowest BCUT2D eigenvalue weighted by Gasteiger charge is -2.39. The molecule has 0 unspecified atom stereocenters. The zero-order chi connectivity index (χ0) is 28.9. The first-order chi connectivity index (χ1) is 19.5. The highest BCUT2D eigenvalue weighted by molar-refractivity contribution is 6.54. The molecule has 0 fully saturated rings. The summed E-state index contributed by atoms with van der Waals surface area (Å²) in [6.45, 7) is 15.0. The number of quaternary nitrogens is 1. The largest absolute Gasteiger partial charge is 0.890 e. The molecule has 3 aromatic carbocycles. The molecule has 5 nitrogen and oxygen atoms in total. The minimum absolute atomic E-state index is 0.480. The zero-order valence-electron chi connectivity index (χ0n) is 25.3. The summed E-state index contributed by atoms with van der Waals surface area (Å²) in [6.07, 6.45) is 11.1. The van der Waals surface area contributed by atoms with E-state index in [2.05, 4.69) is 27.7 Å². The molecule has 0 aliphatic carbocycles. The van der Waals surface area contributed by atoms with Crippen LogP contribution < -0.4 is 13.3 Å². The standard InChI is InChI=1S/C18H16O4Si.C16H36N/c19-23(20-16-10-4-1-5-11-16,21-17-12-6-2-7-13-17)22-18-14-8-3-9-15-18;1-5-9-13-17(14-10-6-2,15-11-7-3)16-12-8-4/h1-15,19H;5-16H2,1-4H3/q;+1. The summed E-state index contributed by atoms with van der Waals surface area (Å²) >= 11 is 0. The number of para-hydroxylation sites is 3. The molecule has 0 bridgehead atoms. The predicted octanol–water partition coefficient (Wildman–Crippen LogP) is 8.65. The Bertz CT molecular complexity index is 865. The summed E-state index contributed by atoms with van der Waals surface area (Å²) in [7, 11) is -3.97. The smallest absolute Gasteiger partial charge is 0.462 e. The third-order valence-electron chi connectivity index (χ3n) is 6.91. The Morgan fingerprint density at radius 1 is 0.475 bits per heavy atom. The van der Waals surface area contributed by atoms with Crippen LogP contribution in [0.5, 0.6) is 17.2 Å². The van der Waals surface area contributed by atoms with Crippen LogP contribution in [0, 0.1) is 0 Å². The van der Waals surface area contributed by atoms with Gasteiger partial charge >= 0.3 is 9.05 Å². The molecule has 0 aromatic heterocycles. The van der Waals surface area contributed by atoms with Crippen LogP contribution in [0.3, 0.4) is 0 Å². The molecular formula is C34H52NO4Si+. The summed E-state index contributed by atoms with van der Waals surface area (Å²) in [5.74, 6) is 1.44. The molecule has 0 spiro atoms. The number of benzene rings is 3. The fourth-order valence-electron chi connectivity index (χ4n) is 4.62. The Morgan fingerprint density at radius 3 is 0.950 bits per heavy atom. The third kappa shape index (κ3) is 13.0. The average Bonchev–Trinajstić information content (AvgIpc) is 2.98. The van der Waals surface area contributed by atoms with Crippen LogP contribution >= 0.6 is 0 Å². The van der Waals surface area contributed by atoms with Crippen LogP contribution in [0.25, 0.3) is 0 Å². The highest BCUT2D eigenvalue weighted by atomic mass is 28.4. The maximum atomic E-state index is 10.8. The Balaban J connectivity index is 0.000000296. The molecule has 0 aliphatic rings. The molecule has 3 aromatic rings. The van der Waals surface area contributed by atoms with Gasteiger partial charge < -0.3 is 22.6 Å². The van der Waals surface area contributed by atoms with E-state index in [0.29, 0.717) is 17.2 Å². The Morgan fingerprint density at radius 2 is 0.725 bits per heavy atom. The van der Waals surface area contributed by atoms with E-state index in [1.165, 1.54) is 82.0 Å². The minimum Gasteiger partial charge on any atom is -0.462 e. The van der Waals surface area contributed by atoms with E-state index in [1.54, 1.807) is 36.4 Å². The van der Waals surface area contributed by atoms with Crippen LogP contribution in [0.15, 0.2) is 91.0 Å². The van der Waals surface area contributed by atoms with E-state index in [0.717, 1.165) is 0 Å². The molecule has 3 rings (SSSR count). The second-order valence-electron chi connectivity index (χ2n) is 10.4. The highest BCUT2D eigenvalue weighted by Crippen LogP contribution is 2.22. The monoisotopic (exact) mass is 566 g/mol. The summed E-state index contributed by atoms with van der Waals surface area (Å²) in [4.78, 5) is 10.8. The van der Waals surface area contributed by atoms with E-state index in [-0.39, 0.29) is 0 Å². The van der Waals surface area contributed by atoms with Gasteiger partial charge in [0.15, 0.2) is 0 Å². The van der Waals surface area contributed by atoms with Gasteiger partial charge in [-0.2, -0.15) is 0 Å². The Labute approximate surface area is 244 Å². The van der Waals surface area contributed by atoms with Gasteiger partial charge in [-0.05, 0) is 62.1 Å². The highest BCUT2D eigenvalue weighted by Gasteiger charge is 2.50. The predicted molar refractivity (Wildman–Crippen MR) is 169 cm³/mol. The van der Waals surface area contributed by atoms with Crippen LogP contribution in [0.4, 0.5) is 0 Å². The topological polar surface area (TPSA) is 47.9 Å². The lowest BCUT2D eigenvalue weighted by molar-refractivity contribution is -0.929. The second-order valence-corrected chi connectivity index (χ2v) is 12.1. The maximum Gasteiger partial charge on any atom is 0.890 e. The van der Waals surface area contributed by atoms with Crippen molar-refractivity contribution >= 4 is 9.05 Å². The average molecular weight is 567 g/mol. The number of hydrogen-bond donors (Lipinski definition) is 1. The molecule has 0 atom stereocenters. The molecule has 0 heterocycles. The van der Waals surface area contributed by atoms with Gasteiger partial charge in [-0.3, -0.25) is 0 Å². The fourth-order valence-corrected chi connectivity index (χ4v) is 6.05. The molecule has 220 valence electrons. The van der Waals surface area contributed by atoms with Crippen LogP contribution in [-0.4, -0.2) is 44.5 Å². The molecule has 0 amide bonds. The Hall–Kier alpha value is -2.80. The van der Waals surface area contributed by atoms with Gasteiger partial charge in [-0.1, -0.05) is 108 Å². The van der Waals surface area contributed by atoms with Crippen molar-refractivity contribution in [3.8, 4) is 17.2 Å². The summed E-state index contributed by atoms with van der Waals surface area (Å²) in [5.41, 5.74) is 0. The first-order valence-electron chi connectivity index (χ1n) is 15.3. The SMILES string of the molecule is CCCC[N+](CCCC)(CCCC)CCCC.O[Si](Oc1ccccc1)(Oc1ccccc1)Oc1ccccc1. The van der Waals surface area contributed by atoms with Gasteiger partial charge in [-0.25, -0.2) is 0 Å². The molecule has 0 saturated carbocycles. The molecule has 1 N–H and O–H groups in total. The number of hydrogen-bond acceptors (Lipinski definition) is 4. The van der Waals surface area contributed by atoms with Crippen molar-refractivity contribution in [2.75, 3.05) is 26.2 Å². The molecule has 0 radical (unpaired) electrons. The second kappa shape index (κ2) is 19.3. The number of rotatable bonds is 18. The summed E-state index contributed by atoms with van der Waals surface area (Å²) in [6, 6.07) is 26.9.